The fourth-order valence-electron chi connectivity index (χ4n) is 2.62. The SMILES string of the molecule is CCc1noc([C@@H](C)N2CCC(C(=O)NCC(F)(F)F)CC2)n1. The molecule has 9 heteroatoms. The van der Waals surface area contributed by atoms with Gasteiger partial charge in [0.25, 0.3) is 0 Å². The molecule has 1 saturated heterocycles. The molecule has 23 heavy (non-hydrogen) atoms. The van der Waals surface area contributed by atoms with Crippen molar-refractivity contribution in [2.45, 2.75) is 45.3 Å². The number of hydrogen-bond donors (Lipinski definition) is 1. The predicted molar refractivity (Wildman–Crippen MR) is 75.5 cm³/mol. The monoisotopic (exact) mass is 334 g/mol. The Hall–Kier alpha value is -1.64. The molecule has 0 spiro atoms. The van der Waals surface area contributed by atoms with Crippen LogP contribution in [0.15, 0.2) is 4.52 Å². The lowest BCUT2D eigenvalue weighted by Gasteiger charge is -2.33. The summed E-state index contributed by atoms with van der Waals surface area (Å²) >= 11 is 0. The van der Waals surface area contributed by atoms with Crippen LogP contribution >= 0.6 is 0 Å². The van der Waals surface area contributed by atoms with E-state index in [0.717, 1.165) is 0 Å². The Balaban J connectivity index is 1.82. The lowest BCUT2D eigenvalue weighted by molar-refractivity contribution is -0.141. The van der Waals surface area contributed by atoms with E-state index in [2.05, 4.69) is 15.0 Å². The van der Waals surface area contributed by atoms with Gasteiger partial charge in [0.05, 0.1) is 6.04 Å². The summed E-state index contributed by atoms with van der Waals surface area (Å²) in [6.45, 7) is 3.82. The number of likely N-dealkylation sites (tertiary alicyclic amines) is 1. The molecule has 0 aliphatic carbocycles. The first-order valence-corrected chi connectivity index (χ1v) is 7.71. The largest absolute Gasteiger partial charge is 0.405 e. The van der Waals surface area contributed by atoms with Crippen molar-refractivity contribution in [3.8, 4) is 0 Å². The Morgan fingerprint density at radius 3 is 2.61 bits per heavy atom. The summed E-state index contributed by atoms with van der Waals surface area (Å²) in [6, 6.07) is -0.0676. The van der Waals surface area contributed by atoms with Crippen LogP contribution in [0.2, 0.25) is 0 Å². The Kier molecular flexibility index (Phi) is 5.61. The first-order valence-electron chi connectivity index (χ1n) is 7.71. The summed E-state index contributed by atoms with van der Waals surface area (Å²) in [5.41, 5.74) is 0. The van der Waals surface area contributed by atoms with Crippen LogP contribution in [0.5, 0.6) is 0 Å². The maximum absolute atomic E-state index is 12.1. The van der Waals surface area contributed by atoms with E-state index >= 15 is 0 Å². The van der Waals surface area contributed by atoms with E-state index in [1.165, 1.54) is 0 Å². The molecular weight excluding hydrogens is 313 g/mol. The molecule has 2 heterocycles. The smallest absolute Gasteiger partial charge is 0.347 e. The number of carbonyl (C=O) groups excluding carboxylic acids is 1. The fourth-order valence-corrected chi connectivity index (χ4v) is 2.62. The maximum Gasteiger partial charge on any atom is 0.405 e. The van der Waals surface area contributed by atoms with Gasteiger partial charge < -0.3 is 9.84 Å². The zero-order valence-corrected chi connectivity index (χ0v) is 13.2. The van der Waals surface area contributed by atoms with E-state index < -0.39 is 18.6 Å². The second-order valence-electron chi connectivity index (χ2n) is 5.72. The number of rotatable bonds is 5. The molecule has 0 saturated carbocycles. The van der Waals surface area contributed by atoms with Crippen molar-refractivity contribution in [1.29, 1.82) is 0 Å². The molecule has 1 N–H and O–H groups in total. The second-order valence-corrected chi connectivity index (χ2v) is 5.72. The van der Waals surface area contributed by atoms with E-state index in [4.69, 9.17) is 4.52 Å². The minimum absolute atomic E-state index is 0.0676. The highest BCUT2D eigenvalue weighted by Gasteiger charge is 2.32. The van der Waals surface area contributed by atoms with Crippen molar-refractivity contribution in [3.63, 3.8) is 0 Å². The number of aryl methyl sites for hydroxylation is 1. The molecular formula is C14H21F3N4O2. The number of hydrogen-bond acceptors (Lipinski definition) is 5. The molecule has 6 nitrogen and oxygen atoms in total. The van der Waals surface area contributed by atoms with E-state index in [-0.39, 0.29) is 12.0 Å². The van der Waals surface area contributed by atoms with Gasteiger partial charge in [-0.1, -0.05) is 12.1 Å². The molecule has 0 unspecified atom stereocenters. The number of nitrogens with zero attached hydrogens (tertiary/aromatic N) is 3. The van der Waals surface area contributed by atoms with Gasteiger partial charge in [-0.05, 0) is 32.9 Å². The molecule has 1 aromatic rings. The Bertz CT molecular complexity index is 524. The van der Waals surface area contributed by atoms with Crippen LogP contribution in [0.25, 0.3) is 0 Å². The summed E-state index contributed by atoms with van der Waals surface area (Å²) < 4.78 is 41.6. The van der Waals surface area contributed by atoms with E-state index in [9.17, 15) is 18.0 Å². The van der Waals surface area contributed by atoms with Crippen LogP contribution in [0.4, 0.5) is 13.2 Å². The minimum Gasteiger partial charge on any atom is -0.347 e. The number of alkyl halides is 3. The van der Waals surface area contributed by atoms with Gasteiger partial charge >= 0.3 is 6.18 Å². The van der Waals surface area contributed by atoms with Crippen molar-refractivity contribution >= 4 is 5.91 Å². The molecule has 1 amide bonds. The third kappa shape index (κ3) is 4.92. The van der Waals surface area contributed by atoms with Crippen molar-refractivity contribution in [1.82, 2.24) is 20.4 Å². The average molecular weight is 334 g/mol. The lowest BCUT2D eigenvalue weighted by Crippen LogP contribution is -2.43. The molecule has 1 aliphatic heterocycles. The summed E-state index contributed by atoms with van der Waals surface area (Å²) in [5, 5.41) is 5.81. The van der Waals surface area contributed by atoms with E-state index in [0.29, 0.717) is 44.1 Å². The number of nitrogens with one attached hydrogen (secondary N) is 1. The molecule has 0 aromatic carbocycles. The van der Waals surface area contributed by atoms with Crippen molar-refractivity contribution < 1.29 is 22.5 Å². The van der Waals surface area contributed by atoms with Crippen molar-refractivity contribution in [3.05, 3.63) is 11.7 Å². The van der Waals surface area contributed by atoms with Gasteiger partial charge in [0, 0.05) is 12.3 Å². The lowest BCUT2D eigenvalue weighted by atomic mass is 9.95. The van der Waals surface area contributed by atoms with Gasteiger partial charge in [-0.25, -0.2) is 0 Å². The van der Waals surface area contributed by atoms with Crippen LogP contribution in [0.1, 0.15) is 44.4 Å². The van der Waals surface area contributed by atoms with Gasteiger partial charge in [-0.2, -0.15) is 18.2 Å². The zero-order valence-electron chi connectivity index (χ0n) is 13.2. The molecule has 2 rings (SSSR count). The molecule has 0 radical (unpaired) electrons. The summed E-state index contributed by atoms with van der Waals surface area (Å²) in [5.74, 6) is 0.269. The standard InChI is InChI=1S/C14H21F3N4O2/c1-3-11-19-13(23-20-11)9(2)21-6-4-10(5-7-21)12(22)18-8-14(15,16)17/h9-10H,3-8H2,1-2H3,(H,18,22)/t9-/m1/s1. The molecule has 1 atom stereocenters. The van der Waals surface area contributed by atoms with Gasteiger partial charge in [-0.15, -0.1) is 0 Å². The topological polar surface area (TPSA) is 71.3 Å². The van der Waals surface area contributed by atoms with Crippen LogP contribution < -0.4 is 5.32 Å². The Morgan fingerprint density at radius 1 is 1.43 bits per heavy atom. The normalized spacial score (nSPS) is 18.8. The average Bonchev–Trinajstić information content (AvgIpc) is 3.00. The van der Waals surface area contributed by atoms with Crippen LogP contribution in [-0.4, -0.2) is 46.8 Å². The highest BCUT2D eigenvalue weighted by molar-refractivity contribution is 5.78. The van der Waals surface area contributed by atoms with Crippen molar-refractivity contribution in [2.24, 2.45) is 5.92 Å². The van der Waals surface area contributed by atoms with Gasteiger partial charge in [0.2, 0.25) is 11.8 Å². The molecule has 130 valence electrons. The fraction of sp³-hybridized carbons (Fsp3) is 0.786. The summed E-state index contributed by atoms with van der Waals surface area (Å²) in [4.78, 5) is 18.2. The highest BCUT2D eigenvalue weighted by atomic mass is 19.4. The Labute approximate surface area is 132 Å². The molecule has 1 aliphatic rings. The first kappa shape index (κ1) is 17.7. The minimum atomic E-state index is -4.38. The number of carbonyl (C=O) groups is 1. The van der Waals surface area contributed by atoms with Gasteiger partial charge in [0.15, 0.2) is 5.82 Å². The van der Waals surface area contributed by atoms with Gasteiger partial charge in [0.1, 0.15) is 6.54 Å². The molecule has 1 fully saturated rings. The molecule has 0 bridgehead atoms. The number of piperidine rings is 1. The summed E-state index contributed by atoms with van der Waals surface area (Å²) in [6.07, 6.45) is -2.65. The summed E-state index contributed by atoms with van der Waals surface area (Å²) in [7, 11) is 0. The quantitative estimate of drug-likeness (QED) is 0.893. The zero-order chi connectivity index (χ0) is 17.0. The van der Waals surface area contributed by atoms with E-state index in [1.807, 2.05) is 19.2 Å². The second kappa shape index (κ2) is 7.29. The Morgan fingerprint density at radius 2 is 2.09 bits per heavy atom. The number of amides is 1. The first-order chi connectivity index (χ1) is 10.8. The van der Waals surface area contributed by atoms with Crippen molar-refractivity contribution in [2.75, 3.05) is 19.6 Å². The maximum atomic E-state index is 12.1. The molecule has 1 aromatic heterocycles. The van der Waals surface area contributed by atoms with Gasteiger partial charge in [-0.3, -0.25) is 9.69 Å². The van der Waals surface area contributed by atoms with Crippen LogP contribution in [-0.2, 0) is 11.2 Å². The van der Waals surface area contributed by atoms with Crippen LogP contribution in [0.3, 0.4) is 0 Å². The number of aromatic nitrogens is 2. The number of halogens is 3. The predicted octanol–water partition coefficient (Wildman–Crippen LogP) is 2.08. The highest BCUT2D eigenvalue weighted by Crippen LogP contribution is 2.26. The third-order valence-corrected chi connectivity index (χ3v) is 4.07. The van der Waals surface area contributed by atoms with E-state index in [1.54, 1.807) is 0 Å². The van der Waals surface area contributed by atoms with Crippen LogP contribution in [0, 0.1) is 5.92 Å². The third-order valence-electron chi connectivity index (χ3n) is 4.07.